The molecule has 0 radical (unpaired) electrons. The molecular weight excluding hydrogens is 400 g/mol. The number of carbonyl (C=O) groups excluding carboxylic acids is 1. The van der Waals surface area contributed by atoms with Gasteiger partial charge in [0, 0.05) is 49.2 Å². The highest BCUT2D eigenvalue weighted by Crippen LogP contribution is 2.43. The molecule has 6 nitrogen and oxygen atoms in total. The van der Waals surface area contributed by atoms with Crippen molar-refractivity contribution >= 4 is 33.8 Å². The van der Waals surface area contributed by atoms with Crippen LogP contribution in [0.1, 0.15) is 12.8 Å². The number of fused-ring (bicyclic) bond motifs is 1. The minimum atomic E-state index is -2.73. The number of anilines is 1. The van der Waals surface area contributed by atoms with E-state index in [2.05, 4.69) is 15.3 Å². The fraction of sp³-hybridized carbons (Fsp3) is 0.350. The largest absolute Gasteiger partial charge is 0.490 e. The molecule has 1 fully saturated rings. The van der Waals surface area contributed by atoms with Crippen LogP contribution in [0.25, 0.3) is 21.5 Å². The molecule has 1 aromatic carbocycles. The lowest BCUT2D eigenvalue weighted by Gasteiger charge is -2.33. The van der Waals surface area contributed by atoms with Crippen molar-refractivity contribution < 1.29 is 23.0 Å². The van der Waals surface area contributed by atoms with E-state index in [4.69, 9.17) is 9.47 Å². The second kappa shape index (κ2) is 8.00. The second-order valence-electron chi connectivity index (χ2n) is 6.89. The summed E-state index contributed by atoms with van der Waals surface area (Å²) in [4.78, 5) is 21.9. The third-order valence-corrected chi connectivity index (χ3v) is 5.52. The summed E-state index contributed by atoms with van der Waals surface area (Å²) >= 11 is 1.47. The molecule has 4 rings (SSSR count). The van der Waals surface area contributed by atoms with Crippen molar-refractivity contribution in [3.8, 4) is 16.3 Å². The van der Waals surface area contributed by atoms with Crippen LogP contribution >= 0.6 is 11.3 Å². The van der Waals surface area contributed by atoms with Gasteiger partial charge in [0.1, 0.15) is 12.4 Å². The Morgan fingerprint density at radius 2 is 2.14 bits per heavy atom. The molecule has 1 N–H and O–H groups in total. The average molecular weight is 419 g/mol. The molecule has 0 aliphatic heterocycles. The number of halogens is 2. The monoisotopic (exact) mass is 419 g/mol. The van der Waals surface area contributed by atoms with E-state index in [0.29, 0.717) is 35.6 Å². The average Bonchev–Trinajstić information content (AvgIpc) is 3.21. The lowest BCUT2D eigenvalue weighted by atomic mass is 9.81. The van der Waals surface area contributed by atoms with Crippen LogP contribution < -0.4 is 10.1 Å². The lowest BCUT2D eigenvalue weighted by molar-refractivity contribution is -0.145. The molecule has 9 heteroatoms. The first-order valence-electron chi connectivity index (χ1n) is 9.09. The summed E-state index contributed by atoms with van der Waals surface area (Å²) < 4.78 is 37.0. The number of amides is 1. The molecule has 0 saturated heterocycles. The van der Waals surface area contributed by atoms with E-state index in [1.807, 2.05) is 6.07 Å². The van der Waals surface area contributed by atoms with Crippen LogP contribution in [0.4, 0.5) is 14.5 Å². The normalized spacial score (nSPS) is 15.8. The van der Waals surface area contributed by atoms with Crippen LogP contribution in [0.2, 0.25) is 0 Å². The maximum atomic E-state index is 13.0. The van der Waals surface area contributed by atoms with Crippen LogP contribution in [0.15, 0.2) is 36.0 Å². The Kier molecular flexibility index (Phi) is 5.42. The number of alkyl halides is 2. The lowest BCUT2D eigenvalue weighted by Crippen LogP contribution is -2.42. The van der Waals surface area contributed by atoms with Crippen molar-refractivity contribution in [3.63, 3.8) is 0 Å². The highest BCUT2D eigenvalue weighted by atomic mass is 32.1. The predicted molar refractivity (Wildman–Crippen MR) is 107 cm³/mol. The number of pyridine rings is 1. The second-order valence-corrected chi connectivity index (χ2v) is 7.78. The van der Waals surface area contributed by atoms with Crippen molar-refractivity contribution in [2.75, 3.05) is 25.6 Å². The fourth-order valence-electron chi connectivity index (χ4n) is 3.19. The Labute approximate surface area is 169 Å². The molecule has 2 aromatic heterocycles. The summed E-state index contributed by atoms with van der Waals surface area (Å²) in [7, 11) is 1.59. The van der Waals surface area contributed by atoms with Crippen molar-refractivity contribution in [2.45, 2.75) is 18.8 Å². The summed E-state index contributed by atoms with van der Waals surface area (Å²) in [6, 6.07) is 7.05. The van der Waals surface area contributed by atoms with Gasteiger partial charge in [-0.3, -0.25) is 9.78 Å². The molecule has 1 aliphatic carbocycles. The number of nitrogens with one attached hydrogen (secondary N) is 1. The maximum absolute atomic E-state index is 13.0. The number of nitrogens with zero attached hydrogens (tertiary/aromatic N) is 2. The molecule has 0 bridgehead atoms. The Bertz CT molecular complexity index is 1020. The van der Waals surface area contributed by atoms with E-state index in [0.717, 1.165) is 10.6 Å². The Balaban J connectivity index is 1.62. The minimum Gasteiger partial charge on any atom is -0.490 e. The number of carbonyl (C=O) groups is 1. The molecule has 29 heavy (non-hydrogen) atoms. The zero-order valence-corrected chi connectivity index (χ0v) is 16.5. The molecule has 1 aliphatic rings. The predicted octanol–water partition coefficient (Wildman–Crippen LogP) is 4.37. The number of hydrogen-bond acceptors (Lipinski definition) is 6. The fourth-order valence-corrected chi connectivity index (χ4v) is 3.77. The number of benzene rings is 1. The van der Waals surface area contributed by atoms with Crippen molar-refractivity contribution in [1.29, 1.82) is 0 Å². The zero-order chi connectivity index (χ0) is 20.4. The molecule has 0 spiro atoms. The molecule has 1 saturated carbocycles. The van der Waals surface area contributed by atoms with Gasteiger partial charge in [0.15, 0.2) is 0 Å². The molecule has 152 valence electrons. The van der Waals surface area contributed by atoms with E-state index in [1.54, 1.807) is 37.0 Å². The summed E-state index contributed by atoms with van der Waals surface area (Å²) in [5.41, 5.74) is 3.67. The highest BCUT2D eigenvalue weighted by Gasteiger charge is 2.48. The van der Waals surface area contributed by atoms with Crippen molar-refractivity contribution in [2.24, 2.45) is 5.92 Å². The van der Waals surface area contributed by atoms with E-state index in [1.165, 1.54) is 11.3 Å². The van der Waals surface area contributed by atoms with Gasteiger partial charge in [0.25, 0.3) is 0 Å². The van der Waals surface area contributed by atoms with Crippen molar-refractivity contribution in [1.82, 2.24) is 9.97 Å². The minimum absolute atomic E-state index is 0.353. The van der Waals surface area contributed by atoms with Gasteiger partial charge < -0.3 is 14.8 Å². The molecule has 0 unspecified atom stereocenters. The first kappa shape index (κ1) is 19.7. The number of hydrogen-bond donors (Lipinski definition) is 1. The molecular formula is C20H19F2N3O3S. The first-order valence-corrected chi connectivity index (χ1v) is 9.97. The number of rotatable bonds is 7. The summed E-state index contributed by atoms with van der Waals surface area (Å²) in [5.74, 6) is -3.19. The van der Waals surface area contributed by atoms with E-state index < -0.39 is 30.6 Å². The van der Waals surface area contributed by atoms with Crippen LogP contribution in [0.3, 0.4) is 0 Å². The number of ether oxygens (including phenoxy) is 2. The number of aromatic nitrogens is 2. The molecule has 2 heterocycles. The van der Waals surface area contributed by atoms with Crippen LogP contribution in [0.5, 0.6) is 5.75 Å². The quantitative estimate of drug-likeness (QED) is 0.576. The van der Waals surface area contributed by atoms with E-state index >= 15 is 0 Å². The summed E-state index contributed by atoms with van der Waals surface area (Å²) in [5, 5.41) is 3.44. The zero-order valence-electron chi connectivity index (χ0n) is 15.7. The van der Waals surface area contributed by atoms with Gasteiger partial charge in [-0.1, -0.05) is 0 Å². The Morgan fingerprint density at radius 1 is 1.31 bits per heavy atom. The van der Waals surface area contributed by atoms with Gasteiger partial charge in [0.05, 0.1) is 28.2 Å². The molecule has 3 aromatic rings. The first-order chi connectivity index (χ1) is 13.9. The van der Waals surface area contributed by atoms with E-state index in [-0.39, 0.29) is 0 Å². The van der Waals surface area contributed by atoms with Gasteiger partial charge in [-0.25, -0.2) is 13.8 Å². The third-order valence-electron chi connectivity index (χ3n) is 4.73. The van der Waals surface area contributed by atoms with Crippen LogP contribution in [-0.4, -0.2) is 42.1 Å². The highest BCUT2D eigenvalue weighted by molar-refractivity contribution is 7.13. The molecule has 0 atom stereocenters. The topological polar surface area (TPSA) is 73.3 Å². The van der Waals surface area contributed by atoms with Crippen LogP contribution in [-0.2, 0) is 9.53 Å². The SMILES string of the molecule is COCCOc1cc(-c2cncs2)nc2ccc(NC(=O)C3CC(F)(F)C3)cc12. The maximum Gasteiger partial charge on any atom is 0.249 e. The van der Waals surface area contributed by atoms with Gasteiger partial charge in [-0.15, -0.1) is 11.3 Å². The summed E-state index contributed by atoms with van der Waals surface area (Å²) in [6.07, 6.45) is 0.926. The van der Waals surface area contributed by atoms with Crippen LogP contribution in [0, 0.1) is 5.92 Å². The Hall–Kier alpha value is -2.65. The van der Waals surface area contributed by atoms with Gasteiger partial charge in [0.2, 0.25) is 11.8 Å². The third kappa shape index (κ3) is 4.35. The van der Waals surface area contributed by atoms with E-state index in [9.17, 15) is 13.6 Å². The van der Waals surface area contributed by atoms with Gasteiger partial charge in [-0.2, -0.15) is 0 Å². The molecule has 1 amide bonds. The number of thiazole rings is 1. The Morgan fingerprint density at radius 3 is 2.83 bits per heavy atom. The standard InChI is InChI=1S/C20H19F2N3O3S/c1-27-4-5-28-17-7-16(18-10-23-11-29-18)25-15-3-2-13(6-14(15)17)24-19(26)12-8-20(21,22)9-12/h2-3,6-7,10-12H,4-5,8-9H2,1H3,(H,24,26). The van der Waals surface area contributed by atoms with Crippen molar-refractivity contribution in [3.05, 3.63) is 36.0 Å². The number of methoxy groups -OCH3 is 1. The smallest absolute Gasteiger partial charge is 0.249 e. The van der Waals surface area contributed by atoms with Gasteiger partial charge >= 0.3 is 0 Å². The van der Waals surface area contributed by atoms with Gasteiger partial charge in [-0.05, 0) is 18.2 Å². The summed E-state index contributed by atoms with van der Waals surface area (Å²) in [6.45, 7) is 0.775.